The molecule has 19 heavy (non-hydrogen) atoms. The minimum Gasteiger partial charge on any atom is -0.346 e. The molecule has 4 nitrogen and oxygen atoms in total. The van der Waals surface area contributed by atoms with Gasteiger partial charge in [-0.25, -0.2) is 4.98 Å². The van der Waals surface area contributed by atoms with Gasteiger partial charge in [-0.05, 0) is 12.8 Å². The first-order valence-corrected chi connectivity index (χ1v) is 7.54. The predicted octanol–water partition coefficient (Wildman–Crippen LogP) is 2.24. The number of hydrogen-bond acceptors (Lipinski definition) is 4. The lowest BCUT2D eigenvalue weighted by Crippen LogP contribution is -2.57. The maximum atomic E-state index is 5.50. The number of piperazine rings is 3. The Bertz CT molecular complexity index is 529. The standard InChI is InChI=1S/C14H22N4S/c1-9(2)12-10(3)15-13(16-14(12)19)11-8-17-4-6-18(11)7-5-17/h9,11H,4-8H2,1-3H3,(H,15,16,19). The molecule has 1 N–H and O–H groups in total. The molecule has 0 aliphatic carbocycles. The Morgan fingerprint density at radius 3 is 2.42 bits per heavy atom. The van der Waals surface area contributed by atoms with Crippen molar-refractivity contribution < 1.29 is 0 Å². The maximum Gasteiger partial charge on any atom is 0.133 e. The summed E-state index contributed by atoms with van der Waals surface area (Å²) in [7, 11) is 0. The van der Waals surface area contributed by atoms with Crippen LogP contribution in [0, 0.1) is 11.6 Å². The number of aromatic amines is 1. The first kappa shape index (κ1) is 13.2. The van der Waals surface area contributed by atoms with Crippen LogP contribution in [0.25, 0.3) is 0 Å². The highest BCUT2D eigenvalue weighted by molar-refractivity contribution is 7.71. The van der Waals surface area contributed by atoms with Crippen LogP contribution in [0.2, 0.25) is 0 Å². The van der Waals surface area contributed by atoms with Crippen LogP contribution in [-0.4, -0.2) is 52.5 Å². The molecule has 4 rings (SSSR count). The predicted molar refractivity (Wildman–Crippen MR) is 79.0 cm³/mol. The topological polar surface area (TPSA) is 35.2 Å². The van der Waals surface area contributed by atoms with E-state index in [-0.39, 0.29) is 0 Å². The zero-order chi connectivity index (χ0) is 13.6. The summed E-state index contributed by atoms with van der Waals surface area (Å²) in [5.74, 6) is 1.48. The van der Waals surface area contributed by atoms with Crippen molar-refractivity contribution in [3.63, 3.8) is 0 Å². The molecular weight excluding hydrogens is 256 g/mol. The summed E-state index contributed by atoms with van der Waals surface area (Å²) >= 11 is 5.50. The van der Waals surface area contributed by atoms with E-state index < -0.39 is 0 Å². The highest BCUT2D eigenvalue weighted by Gasteiger charge is 2.34. The number of nitrogens with one attached hydrogen (secondary N) is 1. The number of nitrogens with zero attached hydrogens (tertiary/aromatic N) is 3. The Kier molecular flexibility index (Phi) is 3.45. The second kappa shape index (κ2) is 4.96. The van der Waals surface area contributed by atoms with Gasteiger partial charge in [0.05, 0.1) is 6.04 Å². The molecule has 1 aromatic heterocycles. The molecule has 0 spiro atoms. The molecule has 4 heterocycles. The highest BCUT2D eigenvalue weighted by Crippen LogP contribution is 2.28. The van der Waals surface area contributed by atoms with Crippen LogP contribution >= 0.6 is 12.2 Å². The lowest BCUT2D eigenvalue weighted by Gasteiger charge is -2.47. The zero-order valence-corrected chi connectivity index (χ0v) is 12.8. The average molecular weight is 278 g/mol. The number of fused-ring (bicyclic) bond motifs is 3. The van der Waals surface area contributed by atoms with Crippen LogP contribution in [0.5, 0.6) is 0 Å². The van der Waals surface area contributed by atoms with Crippen molar-refractivity contribution >= 4 is 12.2 Å². The van der Waals surface area contributed by atoms with Gasteiger partial charge in [0, 0.05) is 44.0 Å². The third-order valence-corrected chi connectivity index (χ3v) is 4.65. The second-order valence-corrected chi connectivity index (χ2v) is 6.36. The smallest absolute Gasteiger partial charge is 0.133 e. The summed E-state index contributed by atoms with van der Waals surface area (Å²) in [6, 6.07) is 0.393. The second-order valence-electron chi connectivity index (χ2n) is 5.97. The van der Waals surface area contributed by atoms with Crippen LogP contribution in [-0.2, 0) is 0 Å². The van der Waals surface area contributed by atoms with Gasteiger partial charge in [0.2, 0.25) is 0 Å². The summed E-state index contributed by atoms with van der Waals surface area (Å²) in [5.41, 5.74) is 2.37. The van der Waals surface area contributed by atoms with E-state index in [0.29, 0.717) is 12.0 Å². The molecule has 0 aromatic carbocycles. The molecule has 3 fully saturated rings. The first-order chi connectivity index (χ1) is 9.06. The molecule has 2 bridgehead atoms. The van der Waals surface area contributed by atoms with E-state index in [2.05, 4.69) is 40.5 Å². The summed E-state index contributed by atoms with van der Waals surface area (Å²) in [6.07, 6.45) is 0. The zero-order valence-electron chi connectivity index (χ0n) is 11.9. The van der Waals surface area contributed by atoms with E-state index in [1.807, 2.05) is 0 Å². The molecule has 1 unspecified atom stereocenters. The molecular formula is C14H22N4S. The van der Waals surface area contributed by atoms with E-state index in [1.165, 1.54) is 24.3 Å². The Balaban J connectivity index is 1.96. The van der Waals surface area contributed by atoms with Crippen LogP contribution in [0.15, 0.2) is 0 Å². The van der Waals surface area contributed by atoms with Gasteiger partial charge in [0.15, 0.2) is 0 Å². The molecule has 3 aliphatic heterocycles. The van der Waals surface area contributed by atoms with E-state index in [0.717, 1.165) is 30.1 Å². The lowest BCUT2D eigenvalue weighted by atomic mass is 10.0. The van der Waals surface area contributed by atoms with Crippen molar-refractivity contribution in [2.24, 2.45) is 0 Å². The van der Waals surface area contributed by atoms with E-state index in [4.69, 9.17) is 12.2 Å². The fourth-order valence-corrected chi connectivity index (χ4v) is 3.82. The van der Waals surface area contributed by atoms with Gasteiger partial charge in [-0.2, -0.15) is 0 Å². The van der Waals surface area contributed by atoms with E-state index in [1.54, 1.807) is 0 Å². The van der Waals surface area contributed by atoms with E-state index in [9.17, 15) is 0 Å². The number of rotatable bonds is 2. The Morgan fingerprint density at radius 1 is 1.26 bits per heavy atom. The largest absolute Gasteiger partial charge is 0.346 e. The summed E-state index contributed by atoms with van der Waals surface area (Å²) in [4.78, 5) is 13.2. The fourth-order valence-electron chi connectivity index (χ4n) is 3.33. The van der Waals surface area contributed by atoms with Crippen molar-refractivity contribution in [2.75, 3.05) is 32.7 Å². The minimum atomic E-state index is 0.393. The molecule has 3 saturated heterocycles. The van der Waals surface area contributed by atoms with Crippen LogP contribution in [0.4, 0.5) is 0 Å². The SMILES string of the molecule is Cc1[nH]c(C2CN3CCN2CC3)nc(=S)c1C(C)C. The fraction of sp³-hybridized carbons (Fsp3) is 0.714. The molecule has 0 amide bonds. The van der Waals surface area contributed by atoms with Gasteiger partial charge in [0.25, 0.3) is 0 Å². The van der Waals surface area contributed by atoms with Crippen molar-refractivity contribution in [1.29, 1.82) is 0 Å². The molecule has 5 heteroatoms. The average Bonchev–Trinajstić information content (AvgIpc) is 2.38. The van der Waals surface area contributed by atoms with Gasteiger partial charge in [-0.3, -0.25) is 9.80 Å². The Hall–Kier alpha value is -0.780. The third kappa shape index (κ3) is 2.35. The minimum absolute atomic E-state index is 0.393. The molecule has 0 radical (unpaired) electrons. The van der Waals surface area contributed by atoms with Crippen LogP contribution < -0.4 is 0 Å². The van der Waals surface area contributed by atoms with Crippen molar-refractivity contribution in [2.45, 2.75) is 32.7 Å². The van der Waals surface area contributed by atoms with Gasteiger partial charge in [0.1, 0.15) is 10.5 Å². The number of aryl methyl sites for hydroxylation is 1. The Labute approximate surface area is 119 Å². The number of hydrogen-bond donors (Lipinski definition) is 1. The maximum absolute atomic E-state index is 5.50. The van der Waals surface area contributed by atoms with E-state index >= 15 is 0 Å². The first-order valence-electron chi connectivity index (χ1n) is 7.13. The molecule has 1 atom stereocenters. The van der Waals surface area contributed by atoms with Crippen LogP contribution in [0.1, 0.15) is 42.9 Å². The van der Waals surface area contributed by atoms with Crippen molar-refractivity contribution in [3.8, 4) is 0 Å². The molecule has 0 saturated carbocycles. The Morgan fingerprint density at radius 2 is 1.95 bits per heavy atom. The van der Waals surface area contributed by atoms with Crippen molar-refractivity contribution in [3.05, 3.63) is 21.7 Å². The number of aromatic nitrogens is 2. The van der Waals surface area contributed by atoms with Gasteiger partial charge < -0.3 is 4.98 Å². The van der Waals surface area contributed by atoms with Crippen LogP contribution in [0.3, 0.4) is 0 Å². The molecule has 3 aliphatic rings. The lowest BCUT2D eigenvalue weighted by molar-refractivity contribution is 0.00851. The normalized spacial score (nSPS) is 30.0. The summed E-state index contributed by atoms with van der Waals surface area (Å²) < 4.78 is 0.777. The summed E-state index contributed by atoms with van der Waals surface area (Å²) in [5, 5.41) is 0. The molecule has 1 aromatic rings. The molecule has 104 valence electrons. The van der Waals surface area contributed by atoms with Gasteiger partial charge in [-0.15, -0.1) is 0 Å². The van der Waals surface area contributed by atoms with Gasteiger partial charge in [-0.1, -0.05) is 26.1 Å². The highest BCUT2D eigenvalue weighted by atomic mass is 32.1. The third-order valence-electron chi connectivity index (χ3n) is 4.34. The summed E-state index contributed by atoms with van der Waals surface area (Å²) in [6.45, 7) is 12.2. The quantitative estimate of drug-likeness (QED) is 0.842. The monoisotopic (exact) mass is 278 g/mol. The van der Waals surface area contributed by atoms with Gasteiger partial charge >= 0.3 is 0 Å². The van der Waals surface area contributed by atoms with Crippen molar-refractivity contribution in [1.82, 2.24) is 19.8 Å². The number of H-pyrrole nitrogens is 1.